The molecule has 2 rings (SSSR count). The van der Waals surface area contributed by atoms with Crippen molar-refractivity contribution in [1.82, 2.24) is 5.32 Å². The van der Waals surface area contributed by atoms with Gasteiger partial charge in [-0.1, -0.05) is 6.07 Å². The van der Waals surface area contributed by atoms with Gasteiger partial charge in [-0.15, -0.1) is 0 Å². The summed E-state index contributed by atoms with van der Waals surface area (Å²) in [7, 11) is 0. The van der Waals surface area contributed by atoms with E-state index in [4.69, 9.17) is 0 Å². The first kappa shape index (κ1) is 7.43. The minimum atomic E-state index is -0.0318. The summed E-state index contributed by atoms with van der Waals surface area (Å²) >= 11 is 0. The first-order valence-electron chi connectivity index (χ1n) is 3.95. The first-order chi connectivity index (χ1) is 5.79. The average molecular weight is 164 g/mol. The third-order valence-electron chi connectivity index (χ3n) is 2.16. The Balaban J connectivity index is 2.54. The van der Waals surface area contributed by atoms with E-state index in [9.17, 15) is 10.2 Å². The van der Waals surface area contributed by atoms with Gasteiger partial charge in [0, 0.05) is 18.7 Å². The molecule has 0 unspecified atom stereocenters. The minimum Gasteiger partial charge on any atom is -0.504 e. The predicted octanol–water partition coefficient (Wildman–Crippen LogP) is 0.758. The van der Waals surface area contributed by atoms with E-state index in [1.54, 1.807) is 0 Å². The van der Waals surface area contributed by atoms with Gasteiger partial charge in [-0.25, -0.2) is 5.32 Å². The van der Waals surface area contributed by atoms with Crippen LogP contribution in [0.2, 0.25) is 0 Å². The van der Waals surface area contributed by atoms with Crippen LogP contribution >= 0.6 is 0 Å². The zero-order valence-electron chi connectivity index (χ0n) is 6.62. The highest BCUT2D eigenvalue weighted by atomic mass is 16.3. The third kappa shape index (κ3) is 1.02. The van der Waals surface area contributed by atoms with E-state index < -0.39 is 0 Å². The van der Waals surface area contributed by atoms with Crippen LogP contribution in [-0.2, 0) is 13.0 Å². The van der Waals surface area contributed by atoms with E-state index in [0.29, 0.717) is 6.54 Å². The molecule has 3 heteroatoms. The molecule has 1 aromatic carbocycles. The first-order valence-corrected chi connectivity index (χ1v) is 3.95. The third-order valence-corrected chi connectivity index (χ3v) is 2.16. The van der Waals surface area contributed by atoms with Crippen LogP contribution in [0.1, 0.15) is 11.1 Å². The van der Waals surface area contributed by atoms with Crippen molar-refractivity contribution >= 4 is 0 Å². The van der Waals surface area contributed by atoms with Crippen molar-refractivity contribution in [3.05, 3.63) is 23.3 Å². The van der Waals surface area contributed by atoms with Crippen molar-refractivity contribution in [1.29, 1.82) is 0 Å². The molecule has 0 aromatic heterocycles. The van der Waals surface area contributed by atoms with Crippen LogP contribution in [-0.4, -0.2) is 16.8 Å². The Labute approximate surface area is 70.7 Å². The largest absolute Gasteiger partial charge is 0.504 e. The van der Waals surface area contributed by atoms with Crippen molar-refractivity contribution in [2.75, 3.05) is 6.54 Å². The lowest BCUT2D eigenvalue weighted by Gasteiger charge is -2.16. The lowest BCUT2D eigenvalue weighted by atomic mass is 10.00. The predicted molar refractivity (Wildman–Crippen MR) is 44.2 cm³/mol. The normalized spacial score (nSPS) is 15.7. The Morgan fingerprint density at radius 1 is 1.25 bits per heavy atom. The van der Waals surface area contributed by atoms with Crippen LogP contribution < -0.4 is 5.32 Å². The molecule has 0 amide bonds. The van der Waals surface area contributed by atoms with Crippen LogP contribution in [0.4, 0.5) is 0 Å². The van der Waals surface area contributed by atoms with Gasteiger partial charge in [0.2, 0.25) is 0 Å². The fraction of sp³-hybridized carbons (Fsp3) is 0.333. The minimum absolute atomic E-state index is 0.0300. The Bertz CT molecular complexity index is 310. The molecule has 0 saturated carbocycles. The zero-order valence-corrected chi connectivity index (χ0v) is 6.62. The van der Waals surface area contributed by atoms with Gasteiger partial charge < -0.3 is 10.2 Å². The number of nitrogens with zero attached hydrogens (tertiary/aromatic N) is 1. The molecule has 0 atom stereocenters. The van der Waals surface area contributed by atoms with Crippen molar-refractivity contribution < 1.29 is 10.2 Å². The van der Waals surface area contributed by atoms with Gasteiger partial charge in [0.1, 0.15) is 0 Å². The Morgan fingerprint density at radius 3 is 2.92 bits per heavy atom. The van der Waals surface area contributed by atoms with E-state index in [1.807, 2.05) is 6.07 Å². The molecule has 0 bridgehead atoms. The number of fused-ring (bicyclic) bond motifs is 1. The molecule has 2 N–H and O–H groups in total. The van der Waals surface area contributed by atoms with E-state index >= 15 is 0 Å². The molecule has 1 heterocycles. The number of hydrogen-bond acceptors (Lipinski definition) is 2. The second-order valence-electron chi connectivity index (χ2n) is 2.93. The van der Waals surface area contributed by atoms with Gasteiger partial charge in [-0.2, -0.15) is 0 Å². The molecular weight excluding hydrogens is 154 g/mol. The maximum Gasteiger partial charge on any atom is 0.161 e. The van der Waals surface area contributed by atoms with E-state index in [1.165, 1.54) is 6.07 Å². The number of phenolic OH excluding ortho intramolecular Hbond substituents is 2. The van der Waals surface area contributed by atoms with Gasteiger partial charge in [0.25, 0.3) is 0 Å². The van der Waals surface area contributed by atoms with E-state index in [-0.39, 0.29) is 11.5 Å². The molecule has 1 radical (unpaired) electrons. The average Bonchev–Trinajstić information content (AvgIpc) is 2.12. The fourth-order valence-electron chi connectivity index (χ4n) is 1.48. The highest BCUT2D eigenvalue weighted by Crippen LogP contribution is 2.32. The molecule has 0 fully saturated rings. The summed E-state index contributed by atoms with van der Waals surface area (Å²) in [6, 6.07) is 3.32. The summed E-state index contributed by atoms with van der Waals surface area (Å²) in [5, 5.41) is 22.8. The molecule has 0 saturated heterocycles. The van der Waals surface area contributed by atoms with E-state index in [2.05, 4.69) is 5.32 Å². The lowest BCUT2D eigenvalue weighted by molar-refractivity contribution is 0.395. The molecule has 1 aromatic rings. The van der Waals surface area contributed by atoms with Gasteiger partial charge >= 0.3 is 0 Å². The summed E-state index contributed by atoms with van der Waals surface area (Å²) in [5.74, 6) is -0.00181. The van der Waals surface area contributed by atoms with Crippen molar-refractivity contribution in [3.8, 4) is 11.5 Å². The quantitative estimate of drug-likeness (QED) is 0.556. The summed E-state index contributed by atoms with van der Waals surface area (Å²) < 4.78 is 0. The summed E-state index contributed by atoms with van der Waals surface area (Å²) in [4.78, 5) is 0. The van der Waals surface area contributed by atoms with Crippen LogP contribution in [0.5, 0.6) is 11.5 Å². The molecule has 0 aliphatic carbocycles. The van der Waals surface area contributed by atoms with Crippen LogP contribution in [0, 0.1) is 0 Å². The van der Waals surface area contributed by atoms with Gasteiger partial charge in [0.15, 0.2) is 11.5 Å². The maximum atomic E-state index is 9.45. The van der Waals surface area contributed by atoms with Gasteiger partial charge in [0.05, 0.1) is 0 Å². The van der Waals surface area contributed by atoms with Crippen LogP contribution in [0.15, 0.2) is 12.1 Å². The topological polar surface area (TPSA) is 54.6 Å². The highest BCUT2D eigenvalue weighted by molar-refractivity contribution is 5.49. The summed E-state index contributed by atoms with van der Waals surface area (Å²) in [6.07, 6.45) is 0.732. The molecular formula is C9H10NO2. The summed E-state index contributed by atoms with van der Waals surface area (Å²) in [5.41, 5.74) is 1.88. The number of aromatic hydroxyl groups is 2. The molecule has 63 valence electrons. The van der Waals surface area contributed by atoms with Gasteiger partial charge in [-0.3, -0.25) is 0 Å². The number of hydrogen-bond donors (Lipinski definition) is 2. The number of benzene rings is 1. The van der Waals surface area contributed by atoms with Crippen molar-refractivity contribution in [2.45, 2.75) is 13.0 Å². The lowest BCUT2D eigenvalue weighted by Crippen LogP contribution is -2.17. The Hall–Kier alpha value is -1.22. The summed E-state index contributed by atoms with van der Waals surface area (Å²) in [6.45, 7) is 1.40. The number of rotatable bonds is 0. The molecule has 3 nitrogen and oxygen atoms in total. The monoisotopic (exact) mass is 164 g/mol. The maximum absolute atomic E-state index is 9.45. The SMILES string of the molecule is Oc1ccc2c(c1O)CC[N]C2. The molecule has 1 aliphatic rings. The van der Waals surface area contributed by atoms with Crippen molar-refractivity contribution in [2.24, 2.45) is 0 Å². The van der Waals surface area contributed by atoms with Crippen molar-refractivity contribution in [3.63, 3.8) is 0 Å². The molecule has 12 heavy (non-hydrogen) atoms. The second kappa shape index (κ2) is 2.68. The molecule has 1 aliphatic heterocycles. The Morgan fingerprint density at radius 2 is 2.08 bits per heavy atom. The van der Waals surface area contributed by atoms with Crippen LogP contribution in [0.25, 0.3) is 0 Å². The molecule has 0 spiro atoms. The van der Waals surface area contributed by atoms with Crippen LogP contribution in [0.3, 0.4) is 0 Å². The number of phenols is 2. The standard InChI is InChI=1S/C9H10NO2/c11-8-2-1-6-5-10-4-3-7(6)9(8)12/h1-2,11-12H,3-5H2. The Kier molecular flexibility index (Phi) is 1.66. The van der Waals surface area contributed by atoms with E-state index in [0.717, 1.165) is 24.1 Å². The smallest absolute Gasteiger partial charge is 0.161 e. The second-order valence-corrected chi connectivity index (χ2v) is 2.93. The zero-order chi connectivity index (χ0) is 8.55. The fourth-order valence-corrected chi connectivity index (χ4v) is 1.48. The highest BCUT2D eigenvalue weighted by Gasteiger charge is 2.15. The van der Waals surface area contributed by atoms with Gasteiger partial charge in [-0.05, 0) is 18.1 Å².